The topological polar surface area (TPSA) is 64.6 Å². The van der Waals surface area contributed by atoms with Gasteiger partial charge in [0.05, 0.1) is 5.60 Å². The molecule has 3 fully saturated rings. The molecule has 4 atom stereocenters. The summed E-state index contributed by atoms with van der Waals surface area (Å²) in [6.07, 6.45) is 9.31. The van der Waals surface area contributed by atoms with Gasteiger partial charge in [-0.1, -0.05) is 26.2 Å². The van der Waals surface area contributed by atoms with Crippen LogP contribution in [0.25, 0.3) is 0 Å². The van der Waals surface area contributed by atoms with Crippen LogP contribution in [0.1, 0.15) is 71.1 Å². The SMILES string of the molecule is CCCCCC1(C2(C3([Si](OC)(OC)OC)CCC(OC)O3)CCCO2)CCCO1. The molecule has 8 heteroatoms. The summed E-state index contributed by atoms with van der Waals surface area (Å²) in [5.74, 6) is 0. The molecule has 3 rings (SSSR count). The van der Waals surface area contributed by atoms with E-state index >= 15 is 0 Å². The molecule has 0 aromatic heterocycles. The summed E-state index contributed by atoms with van der Waals surface area (Å²) in [6, 6.07) is 0. The maximum atomic E-state index is 6.74. The minimum absolute atomic E-state index is 0.336. The Labute approximate surface area is 177 Å². The Balaban J connectivity index is 2.13. The molecule has 0 bridgehead atoms. The standard InChI is InChI=1S/C21H40O7Si/c1-6-7-8-12-19(13-9-16-26-19)20(14-10-17-27-20)21(15-11-18(22-2)28-21)29(23-3,24-4)25-5/h18H,6-17H2,1-5H3. The molecule has 3 aliphatic rings. The van der Waals surface area contributed by atoms with Crippen molar-refractivity contribution in [1.29, 1.82) is 0 Å². The van der Waals surface area contributed by atoms with Gasteiger partial charge in [-0.25, -0.2) is 0 Å². The lowest BCUT2D eigenvalue weighted by atomic mass is 9.71. The monoisotopic (exact) mass is 432 g/mol. The first kappa shape index (κ1) is 23.6. The Bertz CT molecular complexity index is 507. The maximum absolute atomic E-state index is 6.74. The Kier molecular flexibility index (Phi) is 7.82. The number of hydrogen-bond donors (Lipinski definition) is 0. The molecule has 0 spiro atoms. The van der Waals surface area contributed by atoms with Crippen molar-refractivity contribution in [1.82, 2.24) is 0 Å². The van der Waals surface area contributed by atoms with Gasteiger partial charge in [0.2, 0.25) is 0 Å². The largest absolute Gasteiger partial charge is 0.537 e. The highest BCUT2D eigenvalue weighted by Crippen LogP contribution is 2.60. The summed E-state index contributed by atoms with van der Waals surface area (Å²) in [4.78, 5) is 0. The van der Waals surface area contributed by atoms with E-state index in [2.05, 4.69) is 6.92 Å². The van der Waals surface area contributed by atoms with Gasteiger partial charge in [0.25, 0.3) is 0 Å². The van der Waals surface area contributed by atoms with Gasteiger partial charge in [-0.05, 0) is 38.5 Å². The van der Waals surface area contributed by atoms with Gasteiger partial charge < -0.3 is 32.2 Å². The summed E-state index contributed by atoms with van der Waals surface area (Å²) in [7, 11) is 3.36. The molecule has 0 aliphatic carbocycles. The molecule has 3 saturated heterocycles. The van der Waals surface area contributed by atoms with Crippen LogP contribution in [0.4, 0.5) is 0 Å². The van der Waals surface area contributed by atoms with E-state index in [4.69, 9.17) is 32.2 Å². The molecule has 0 amide bonds. The van der Waals surface area contributed by atoms with Gasteiger partial charge in [-0.3, -0.25) is 0 Å². The van der Waals surface area contributed by atoms with Gasteiger partial charge >= 0.3 is 8.80 Å². The maximum Gasteiger partial charge on any atom is 0.537 e. The first-order valence-corrected chi connectivity index (χ1v) is 12.9. The Hall–Kier alpha value is -0.0631. The molecule has 0 aromatic carbocycles. The van der Waals surface area contributed by atoms with Crippen molar-refractivity contribution in [2.75, 3.05) is 41.7 Å². The highest BCUT2D eigenvalue weighted by Gasteiger charge is 2.80. The van der Waals surface area contributed by atoms with Gasteiger partial charge in [-0.2, -0.15) is 0 Å². The third-order valence-corrected chi connectivity index (χ3v) is 10.7. The minimum Gasteiger partial charge on any atom is -0.375 e. The first-order valence-electron chi connectivity index (χ1n) is 11.2. The molecule has 0 radical (unpaired) electrons. The molecule has 29 heavy (non-hydrogen) atoms. The average Bonchev–Trinajstić information content (AvgIpc) is 3.50. The highest BCUT2D eigenvalue weighted by molar-refractivity contribution is 6.64. The van der Waals surface area contributed by atoms with E-state index in [-0.39, 0.29) is 6.29 Å². The predicted octanol–water partition coefficient (Wildman–Crippen LogP) is 3.60. The summed E-state index contributed by atoms with van der Waals surface area (Å²) in [6.45, 7) is 3.67. The number of ether oxygens (including phenoxy) is 4. The summed E-state index contributed by atoms with van der Waals surface area (Å²) >= 11 is 0. The molecule has 3 aliphatic heterocycles. The molecular weight excluding hydrogens is 392 g/mol. The van der Waals surface area contributed by atoms with E-state index < -0.39 is 25.2 Å². The van der Waals surface area contributed by atoms with Crippen LogP contribution in [0.3, 0.4) is 0 Å². The van der Waals surface area contributed by atoms with Gasteiger partial charge in [0.1, 0.15) is 5.60 Å². The fourth-order valence-corrected chi connectivity index (χ4v) is 9.24. The van der Waals surface area contributed by atoms with Gasteiger partial charge in [-0.15, -0.1) is 0 Å². The third-order valence-electron chi connectivity index (χ3n) is 7.33. The van der Waals surface area contributed by atoms with Crippen LogP contribution in [0.2, 0.25) is 0 Å². The Morgan fingerprint density at radius 1 is 0.897 bits per heavy atom. The fourth-order valence-electron chi connectivity index (χ4n) is 6.10. The lowest BCUT2D eigenvalue weighted by molar-refractivity contribution is -0.273. The van der Waals surface area contributed by atoms with Crippen LogP contribution >= 0.6 is 0 Å². The number of rotatable bonds is 11. The predicted molar refractivity (Wildman–Crippen MR) is 111 cm³/mol. The molecule has 4 unspecified atom stereocenters. The van der Waals surface area contributed by atoms with Crippen LogP contribution in [0.5, 0.6) is 0 Å². The van der Waals surface area contributed by atoms with Gasteiger partial charge in [0.15, 0.2) is 11.5 Å². The second-order valence-electron chi connectivity index (χ2n) is 8.50. The Morgan fingerprint density at radius 2 is 1.59 bits per heavy atom. The van der Waals surface area contributed by atoms with Crippen molar-refractivity contribution in [2.45, 2.75) is 93.8 Å². The zero-order chi connectivity index (χ0) is 21.0. The minimum atomic E-state index is -3.30. The molecule has 0 saturated carbocycles. The summed E-state index contributed by atoms with van der Waals surface area (Å²) in [5, 5.41) is -0.869. The van der Waals surface area contributed by atoms with Crippen LogP contribution in [0, 0.1) is 0 Å². The smallest absolute Gasteiger partial charge is 0.375 e. The van der Waals surface area contributed by atoms with Crippen LogP contribution in [-0.2, 0) is 32.2 Å². The van der Waals surface area contributed by atoms with Crippen LogP contribution < -0.4 is 0 Å². The molecule has 3 heterocycles. The number of unbranched alkanes of at least 4 members (excludes halogenated alkanes) is 2. The first-order chi connectivity index (χ1) is 14.0. The van der Waals surface area contributed by atoms with Crippen molar-refractivity contribution in [2.24, 2.45) is 0 Å². The average molecular weight is 433 g/mol. The lowest BCUT2D eigenvalue weighted by Gasteiger charge is -2.57. The molecule has 7 nitrogen and oxygen atoms in total. The second kappa shape index (κ2) is 9.61. The summed E-state index contributed by atoms with van der Waals surface area (Å²) < 4.78 is 43.9. The molecule has 0 N–H and O–H groups in total. The van der Waals surface area contributed by atoms with E-state index in [0.717, 1.165) is 51.6 Å². The highest BCUT2D eigenvalue weighted by atomic mass is 28.4. The number of hydrogen-bond acceptors (Lipinski definition) is 7. The van der Waals surface area contributed by atoms with Crippen LogP contribution in [-0.4, -0.2) is 73.2 Å². The second-order valence-corrected chi connectivity index (χ2v) is 11.6. The normalized spacial score (nSPS) is 38.2. The zero-order valence-corrected chi connectivity index (χ0v) is 19.9. The molecular formula is C21H40O7Si. The van der Waals surface area contributed by atoms with E-state index in [1.165, 1.54) is 12.8 Å². The zero-order valence-electron chi connectivity index (χ0n) is 18.9. The van der Waals surface area contributed by atoms with Crippen molar-refractivity contribution < 1.29 is 32.2 Å². The van der Waals surface area contributed by atoms with Crippen molar-refractivity contribution in [3.8, 4) is 0 Å². The lowest BCUT2D eigenvalue weighted by Crippen LogP contribution is -2.79. The van der Waals surface area contributed by atoms with Gasteiger partial charge in [0, 0.05) is 48.1 Å². The fraction of sp³-hybridized carbons (Fsp3) is 1.00. The van der Waals surface area contributed by atoms with Crippen molar-refractivity contribution in [3.63, 3.8) is 0 Å². The van der Waals surface area contributed by atoms with Crippen LogP contribution in [0.15, 0.2) is 0 Å². The quantitative estimate of drug-likeness (QED) is 0.365. The van der Waals surface area contributed by atoms with E-state index in [1.807, 2.05) is 0 Å². The molecule has 0 aromatic rings. The number of methoxy groups -OCH3 is 1. The van der Waals surface area contributed by atoms with E-state index in [1.54, 1.807) is 28.4 Å². The van der Waals surface area contributed by atoms with E-state index in [9.17, 15) is 0 Å². The van der Waals surface area contributed by atoms with Crippen molar-refractivity contribution >= 4 is 8.80 Å². The van der Waals surface area contributed by atoms with E-state index in [0.29, 0.717) is 13.0 Å². The van der Waals surface area contributed by atoms with Crippen molar-refractivity contribution in [3.05, 3.63) is 0 Å². The third kappa shape index (κ3) is 3.53. The summed E-state index contributed by atoms with van der Waals surface area (Å²) in [5.41, 5.74) is -1.10. The molecule has 170 valence electrons. The Morgan fingerprint density at radius 3 is 2.07 bits per heavy atom.